The zero-order valence-electron chi connectivity index (χ0n) is 13.3. The van der Waals surface area contributed by atoms with E-state index >= 15 is 0 Å². The molecule has 1 aliphatic heterocycles. The van der Waals surface area contributed by atoms with Gasteiger partial charge in [0.25, 0.3) is 0 Å². The number of rotatable bonds is 7. The lowest BCUT2D eigenvalue weighted by atomic mass is 9.90. The summed E-state index contributed by atoms with van der Waals surface area (Å²) >= 11 is 1.85. The van der Waals surface area contributed by atoms with Crippen molar-refractivity contribution in [3.8, 4) is 0 Å². The summed E-state index contributed by atoms with van der Waals surface area (Å²) in [5.74, 6) is 1.74. The van der Waals surface area contributed by atoms with Gasteiger partial charge < -0.3 is 10.2 Å². The number of anilines is 1. The van der Waals surface area contributed by atoms with Crippen LogP contribution in [0.15, 0.2) is 41.8 Å². The zero-order chi connectivity index (χ0) is 15.1. The Bertz CT molecular complexity index is 439. The van der Waals surface area contributed by atoms with E-state index in [9.17, 15) is 0 Å². The van der Waals surface area contributed by atoms with E-state index in [0.29, 0.717) is 6.04 Å². The Morgan fingerprint density at radius 3 is 2.76 bits per heavy atom. The van der Waals surface area contributed by atoms with Gasteiger partial charge in [-0.25, -0.2) is 0 Å². The van der Waals surface area contributed by atoms with E-state index in [1.807, 2.05) is 17.8 Å². The van der Waals surface area contributed by atoms with Crippen molar-refractivity contribution < 1.29 is 0 Å². The van der Waals surface area contributed by atoms with E-state index in [-0.39, 0.29) is 0 Å². The third-order valence-corrected chi connectivity index (χ3v) is 5.48. The van der Waals surface area contributed by atoms with Gasteiger partial charge in [0, 0.05) is 22.4 Å². The summed E-state index contributed by atoms with van der Waals surface area (Å²) in [4.78, 5) is 3.88. The molecule has 21 heavy (non-hydrogen) atoms. The van der Waals surface area contributed by atoms with Crippen molar-refractivity contribution in [3.05, 3.63) is 36.9 Å². The quantitative estimate of drug-likeness (QED) is 0.590. The third kappa shape index (κ3) is 4.79. The van der Waals surface area contributed by atoms with Crippen molar-refractivity contribution in [2.75, 3.05) is 30.7 Å². The molecule has 116 valence electrons. The maximum Gasteiger partial charge on any atom is 0.0480 e. The Hall–Kier alpha value is -0.930. The molecule has 2 rings (SSSR count). The summed E-state index contributed by atoms with van der Waals surface area (Å²) in [6, 6.07) is 9.16. The first kappa shape index (κ1) is 16.4. The maximum absolute atomic E-state index is 3.81. The Kier molecular flexibility index (Phi) is 6.65. The normalized spacial score (nSPS) is 18.4. The molecule has 1 aromatic rings. The minimum atomic E-state index is 0.537. The van der Waals surface area contributed by atoms with Crippen LogP contribution in [0.3, 0.4) is 0 Å². The molecular weight excluding hydrogens is 276 g/mol. The molecule has 0 radical (unpaired) electrons. The number of nitrogens with one attached hydrogen (secondary N) is 1. The molecule has 1 unspecified atom stereocenters. The minimum absolute atomic E-state index is 0.537. The number of thioether (sulfide) groups is 1. The fraction of sp³-hybridized carbons (Fsp3) is 0.556. The summed E-state index contributed by atoms with van der Waals surface area (Å²) in [5, 5.41) is 3.75. The molecule has 1 atom stereocenters. The van der Waals surface area contributed by atoms with Gasteiger partial charge in [0.05, 0.1) is 0 Å². The molecular formula is C18H28N2S. The number of para-hydroxylation sites is 1. The molecule has 1 aliphatic rings. The average molecular weight is 305 g/mol. The van der Waals surface area contributed by atoms with Crippen molar-refractivity contribution in [2.24, 2.45) is 5.92 Å². The third-order valence-electron chi connectivity index (χ3n) is 4.41. The van der Waals surface area contributed by atoms with Crippen LogP contribution in [0.25, 0.3) is 0 Å². The van der Waals surface area contributed by atoms with E-state index in [0.717, 1.165) is 11.7 Å². The Balaban J connectivity index is 1.93. The van der Waals surface area contributed by atoms with Gasteiger partial charge in [0.1, 0.15) is 0 Å². The first-order valence-corrected chi connectivity index (χ1v) is 9.04. The molecule has 1 aromatic carbocycles. The van der Waals surface area contributed by atoms with Gasteiger partial charge >= 0.3 is 0 Å². The van der Waals surface area contributed by atoms with Gasteiger partial charge in [0.15, 0.2) is 0 Å². The highest BCUT2D eigenvalue weighted by atomic mass is 32.2. The highest BCUT2D eigenvalue weighted by Crippen LogP contribution is 2.30. The fourth-order valence-corrected chi connectivity index (χ4v) is 3.75. The lowest BCUT2D eigenvalue weighted by Crippen LogP contribution is -2.39. The molecule has 3 heteroatoms. The summed E-state index contributed by atoms with van der Waals surface area (Å²) in [7, 11) is 0. The monoisotopic (exact) mass is 304 g/mol. The number of hydrogen-bond acceptors (Lipinski definition) is 3. The minimum Gasteiger partial charge on any atom is -0.381 e. The number of likely N-dealkylation sites (tertiary alicyclic amines) is 1. The van der Waals surface area contributed by atoms with Crippen LogP contribution in [0.5, 0.6) is 0 Å². The first-order chi connectivity index (χ1) is 10.2. The highest BCUT2D eigenvalue weighted by Gasteiger charge is 2.23. The summed E-state index contributed by atoms with van der Waals surface area (Å²) in [6.07, 6.45) is 4.58. The van der Waals surface area contributed by atoms with Crippen molar-refractivity contribution in [1.29, 1.82) is 0 Å². The van der Waals surface area contributed by atoms with E-state index in [2.05, 4.69) is 54.9 Å². The number of piperidine rings is 1. The predicted molar refractivity (Wildman–Crippen MR) is 95.3 cm³/mol. The zero-order valence-corrected chi connectivity index (χ0v) is 14.2. The molecule has 0 bridgehead atoms. The molecule has 0 spiro atoms. The van der Waals surface area contributed by atoms with E-state index in [1.54, 1.807) is 0 Å². The molecule has 0 amide bonds. The summed E-state index contributed by atoms with van der Waals surface area (Å²) < 4.78 is 0. The smallest absolute Gasteiger partial charge is 0.0480 e. The highest BCUT2D eigenvalue weighted by molar-refractivity contribution is 7.99. The fourth-order valence-electron chi connectivity index (χ4n) is 2.99. The van der Waals surface area contributed by atoms with E-state index in [1.165, 1.54) is 43.1 Å². The molecule has 1 saturated heterocycles. The van der Waals surface area contributed by atoms with E-state index < -0.39 is 0 Å². The standard InChI is InChI=1S/C18H28N2S/c1-4-14-21-18-9-7-6-8-17(18)19-15(3)16-10-12-20(5-2)13-11-16/h4,6-9,15-16,19H,1,5,10-14H2,2-3H3. The van der Waals surface area contributed by atoms with Crippen molar-refractivity contribution >= 4 is 17.4 Å². The number of hydrogen-bond donors (Lipinski definition) is 1. The molecule has 1 N–H and O–H groups in total. The predicted octanol–water partition coefficient (Wildman–Crippen LogP) is 4.50. The molecule has 1 heterocycles. The Morgan fingerprint density at radius 1 is 1.38 bits per heavy atom. The van der Waals surface area contributed by atoms with Gasteiger partial charge in [0.2, 0.25) is 0 Å². The van der Waals surface area contributed by atoms with Crippen LogP contribution in [0.2, 0.25) is 0 Å². The number of benzene rings is 1. The van der Waals surface area contributed by atoms with Crippen LogP contribution < -0.4 is 5.32 Å². The van der Waals surface area contributed by atoms with Crippen LogP contribution in [-0.4, -0.2) is 36.3 Å². The second-order valence-corrected chi connectivity index (χ2v) is 6.86. The number of nitrogens with zero attached hydrogens (tertiary/aromatic N) is 1. The molecule has 0 aromatic heterocycles. The summed E-state index contributed by atoms with van der Waals surface area (Å²) in [5.41, 5.74) is 1.27. The first-order valence-electron chi connectivity index (χ1n) is 8.06. The SMILES string of the molecule is C=CCSc1ccccc1NC(C)C1CCN(CC)CC1. The van der Waals surface area contributed by atoms with Crippen molar-refractivity contribution in [2.45, 2.75) is 37.6 Å². The average Bonchev–Trinajstić information content (AvgIpc) is 2.54. The van der Waals surface area contributed by atoms with Crippen LogP contribution in [-0.2, 0) is 0 Å². The van der Waals surface area contributed by atoms with Gasteiger partial charge in [-0.2, -0.15) is 0 Å². The van der Waals surface area contributed by atoms with Crippen LogP contribution in [0.1, 0.15) is 26.7 Å². The summed E-state index contributed by atoms with van der Waals surface area (Å²) in [6.45, 7) is 12.1. The van der Waals surface area contributed by atoms with Gasteiger partial charge in [-0.05, 0) is 57.5 Å². The van der Waals surface area contributed by atoms with Crippen molar-refractivity contribution in [3.63, 3.8) is 0 Å². The van der Waals surface area contributed by atoms with E-state index in [4.69, 9.17) is 0 Å². The second-order valence-electron chi connectivity index (χ2n) is 5.80. The lowest BCUT2D eigenvalue weighted by Gasteiger charge is -2.35. The van der Waals surface area contributed by atoms with Gasteiger partial charge in [-0.3, -0.25) is 0 Å². The van der Waals surface area contributed by atoms with Crippen LogP contribution in [0.4, 0.5) is 5.69 Å². The van der Waals surface area contributed by atoms with Gasteiger partial charge in [-0.1, -0.05) is 25.1 Å². The topological polar surface area (TPSA) is 15.3 Å². The second kappa shape index (κ2) is 8.50. The molecule has 0 aliphatic carbocycles. The van der Waals surface area contributed by atoms with Crippen LogP contribution in [0, 0.1) is 5.92 Å². The molecule has 2 nitrogen and oxygen atoms in total. The lowest BCUT2D eigenvalue weighted by molar-refractivity contribution is 0.183. The molecule has 0 saturated carbocycles. The Morgan fingerprint density at radius 2 is 2.10 bits per heavy atom. The van der Waals surface area contributed by atoms with Crippen LogP contribution >= 0.6 is 11.8 Å². The molecule has 1 fully saturated rings. The largest absolute Gasteiger partial charge is 0.381 e. The maximum atomic E-state index is 3.81. The van der Waals surface area contributed by atoms with Gasteiger partial charge in [-0.15, -0.1) is 18.3 Å². The van der Waals surface area contributed by atoms with Crippen molar-refractivity contribution in [1.82, 2.24) is 4.90 Å². The Labute approximate surface area is 134 Å².